The fourth-order valence-corrected chi connectivity index (χ4v) is 2.64. The molecule has 1 aromatic rings. The molecular formula is C12H15NO3S. The summed E-state index contributed by atoms with van der Waals surface area (Å²) in [5.41, 5.74) is 0. The van der Waals surface area contributed by atoms with E-state index in [4.69, 9.17) is 4.74 Å². The minimum Gasteiger partial charge on any atom is -0.496 e. The number of carbonyl (C=O) groups excluding carboxylic acids is 2. The van der Waals surface area contributed by atoms with E-state index < -0.39 is 0 Å². The molecule has 0 aliphatic heterocycles. The van der Waals surface area contributed by atoms with E-state index in [-0.39, 0.29) is 11.9 Å². The third-order valence-electron chi connectivity index (χ3n) is 2.91. The van der Waals surface area contributed by atoms with E-state index in [9.17, 15) is 9.59 Å². The molecule has 1 heterocycles. The lowest BCUT2D eigenvalue weighted by atomic mass is 9.94. The first-order chi connectivity index (χ1) is 8.19. The second kappa shape index (κ2) is 5.31. The van der Waals surface area contributed by atoms with E-state index in [0.717, 1.165) is 12.8 Å². The van der Waals surface area contributed by atoms with Crippen molar-refractivity contribution >= 4 is 23.0 Å². The van der Waals surface area contributed by atoms with Gasteiger partial charge < -0.3 is 10.1 Å². The Labute approximate surface area is 104 Å². The van der Waals surface area contributed by atoms with Crippen molar-refractivity contribution in [3.8, 4) is 5.75 Å². The van der Waals surface area contributed by atoms with Gasteiger partial charge in [0.2, 0.25) is 0 Å². The average Bonchev–Trinajstić information content (AvgIpc) is 2.81. The fourth-order valence-electron chi connectivity index (χ4n) is 1.89. The molecule has 1 saturated carbocycles. The van der Waals surface area contributed by atoms with Gasteiger partial charge in [0.25, 0.3) is 5.91 Å². The quantitative estimate of drug-likeness (QED) is 0.896. The van der Waals surface area contributed by atoms with Gasteiger partial charge in [-0.25, -0.2) is 0 Å². The Bertz CT molecular complexity index is 417. The largest absolute Gasteiger partial charge is 0.496 e. The van der Waals surface area contributed by atoms with Crippen LogP contribution >= 0.6 is 11.3 Å². The van der Waals surface area contributed by atoms with E-state index in [1.54, 1.807) is 18.6 Å². The lowest BCUT2D eigenvalue weighted by molar-refractivity contribution is -0.120. The highest BCUT2D eigenvalue weighted by molar-refractivity contribution is 7.12. The van der Waals surface area contributed by atoms with Crippen LogP contribution in [-0.2, 0) is 4.79 Å². The van der Waals surface area contributed by atoms with Gasteiger partial charge in [-0.15, -0.1) is 11.3 Å². The van der Waals surface area contributed by atoms with Crippen molar-refractivity contribution in [3.05, 3.63) is 16.3 Å². The average molecular weight is 253 g/mol. The minimum absolute atomic E-state index is 0.0716. The molecule has 0 spiro atoms. The number of methoxy groups -OCH3 is 1. The lowest BCUT2D eigenvalue weighted by Crippen LogP contribution is -2.37. The molecular weight excluding hydrogens is 238 g/mol. The van der Waals surface area contributed by atoms with Crippen molar-refractivity contribution in [2.45, 2.75) is 31.7 Å². The molecule has 0 aromatic carbocycles. The van der Waals surface area contributed by atoms with Crippen LogP contribution in [0, 0.1) is 0 Å². The number of ether oxygens (including phenoxy) is 1. The normalized spacial score (nSPS) is 16.9. The number of ketones is 1. The topological polar surface area (TPSA) is 55.4 Å². The third kappa shape index (κ3) is 3.06. The monoisotopic (exact) mass is 253 g/mol. The van der Waals surface area contributed by atoms with Gasteiger partial charge in [0.1, 0.15) is 11.5 Å². The molecule has 1 amide bonds. The predicted octanol–water partition coefficient (Wildman–Crippen LogP) is 2.00. The maximum atomic E-state index is 11.9. The smallest absolute Gasteiger partial charge is 0.261 e. The van der Waals surface area contributed by atoms with E-state index in [0.29, 0.717) is 29.3 Å². The van der Waals surface area contributed by atoms with Crippen LogP contribution in [0.15, 0.2) is 11.4 Å². The van der Waals surface area contributed by atoms with Gasteiger partial charge in [-0.3, -0.25) is 9.59 Å². The van der Waals surface area contributed by atoms with Crippen LogP contribution in [0.25, 0.3) is 0 Å². The molecule has 1 aliphatic rings. The summed E-state index contributed by atoms with van der Waals surface area (Å²) in [6, 6.07) is 1.86. The Kier molecular flexibility index (Phi) is 3.78. The molecule has 17 heavy (non-hydrogen) atoms. The summed E-state index contributed by atoms with van der Waals surface area (Å²) in [7, 11) is 1.58. The molecule has 2 rings (SSSR count). The lowest BCUT2D eigenvalue weighted by Gasteiger charge is -2.21. The maximum Gasteiger partial charge on any atom is 0.261 e. The first kappa shape index (κ1) is 12.1. The molecule has 4 nitrogen and oxygen atoms in total. The van der Waals surface area contributed by atoms with Crippen LogP contribution in [0.4, 0.5) is 0 Å². The van der Waals surface area contributed by atoms with Gasteiger partial charge in [-0.2, -0.15) is 0 Å². The van der Waals surface area contributed by atoms with Crippen LogP contribution in [0.5, 0.6) is 5.75 Å². The summed E-state index contributed by atoms with van der Waals surface area (Å²) in [6.07, 6.45) is 2.68. The maximum absolute atomic E-state index is 11.9. The van der Waals surface area contributed by atoms with E-state index in [2.05, 4.69) is 5.32 Å². The van der Waals surface area contributed by atoms with E-state index in [1.165, 1.54) is 11.3 Å². The minimum atomic E-state index is -0.0716. The zero-order valence-corrected chi connectivity index (χ0v) is 10.5. The Morgan fingerprint density at radius 2 is 2.18 bits per heavy atom. The van der Waals surface area contributed by atoms with Crippen molar-refractivity contribution in [1.82, 2.24) is 5.32 Å². The van der Waals surface area contributed by atoms with Crippen LogP contribution in [0.2, 0.25) is 0 Å². The summed E-state index contributed by atoms with van der Waals surface area (Å²) >= 11 is 1.37. The van der Waals surface area contributed by atoms with Gasteiger partial charge >= 0.3 is 0 Å². The Morgan fingerprint density at radius 3 is 2.76 bits per heavy atom. The highest BCUT2D eigenvalue weighted by Gasteiger charge is 2.21. The first-order valence-electron chi connectivity index (χ1n) is 5.64. The first-order valence-corrected chi connectivity index (χ1v) is 6.52. The SMILES string of the molecule is COc1csc(C(=O)NC2CCC(=O)CC2)c1. The molecule has 0 radical (unpaired) electrons. The van der Waals surface area contributed by atoms with Crippen molar-refractivity contribution in [1.29, 1.82) is 0 Å². The molecule has 92 valence electrons. The standard InChI is InChI=1S/C12H15NO3S/c1-16-10-6-11(17-7-10)12(15)13-8-2-4-9(14)5-3-8/h6-8H,2-5H2,1H3,(H,13,15). The second-order valence-electron chi connectivity index (χ2n) is 4.14. The highest BCUT2D eigenvalue weighted by Crippen LogP contribution is 2.22. The number of thiophene rings is 1. The van der Waals surface area contributed by atoms with Gasteiger partial charge in [-0.1, -0.05) is 0 Å². The zero-order valence-electron chi connectivity index (χ0n) is 9.69. The third-order valence-corrected chi connectivity index (χ3v) is 3.82. The van der Waals surface area contributed by atoms with Gasteiger partial charge in [0.15, 0.2) is 0 Å². The number of hydrogen-bond acceptors (Lipinski definition) is 4. The van der Waals surface area contributed by atoms with Crippen LogP contribution in [-0.4, -0.2) is 24.8 Å². The summed E-state index contributed by atoms with van der Waals surface area (Å²) < 4.78 is 5.03. The summed E-state index contributed by atoms with van der Waals surface area (Å²) in [5.74, 6) is 0.935. The molecule has 0 bridgehead atoms. The molecule has 0 unspecified atom stereocenters. The summed E-state index contributed by atoms with van der Waals surface area (Å²) in [4.78, 5) is 23.6. The van der Waals surface area contributed by atoms with Gasteiger partial charge in [-0.05, 0) is 12.8 Å². The molecule has 1 aliphatic carbocycles. The number of Topliss-reactive ketones (excluding diaryl/α,β-unsaturated/α-hetero) is 1. The molecule has 5 heteroatoms. The van der Waals surface area contributed by atoms with Crippen molar-refractivity contribution < 1.29 is 14.3 Å². The number of amides is 1. The second-order valence-corrected chi connectivity index (χ2v) is 5.05. The molecule has 0 atom stereocenters. The van der Waals surface area contributed by atoms with E-state index >= 15 is 0 Å². The van der Waals surface area contributed by atoms with Gasteiger partial charge in [0, 0.05) is 30.3 Å². The van der Waals surface area contributed by atoms with Crippen LogP contribution in [0.1, 0.15) is 35.4 Å². The molecule has 0 saturated heterocycles. The number of hydrogen-bond donors (Lipinski definition) is 1. The molecule has 1 N–H and O–H groups in total. The van der Waals surface area contributed by atoms with Crippen molar-refractivity contribution in [3.63, 3.8) is 0 Å². The Morgan fingerprint density at radius 1 is 1.47 bits per heavy atom. The Balaban J connectivity index is 1.90. The predicted molar refractivity (Wildman–Crippen MR) is 65.6 cm³/mol. The van der Waals surface area contributed by atoms with Gasteiger partial charge in [0.05, 0.1) is 12.0 Å². The molecule has 1 fully saturated rings. The zero-order chi connectivity index (χ0) is 12.3. The summed E-state index contributed by atoms with van der Waals surface area (Å²) in [5, 5.41) is 4.76. The Hall–Kier alpha value is -1.36. The number of nitrogens with one attached hydrogen (secondary N) is 1. The molecule has 1 aromatic heterocycles. The van der Waals surface area contributed by atoms with Crippen molar-refractivity contribution in [2.24, 2.45) is 0 Å². The van der Waals surface area contributed by atoms with E-state index in [1.807, 2.05) is 0 Å². The van der Waals surface area contributed by atoms with Crippen molar-refractivity contribution in [2.75, 3.05) is 7.11 Å². The number of rotatable bonds is 3. The highest BCUT2D eigenvalue weighted by atomic mass is 32.1. The fraction of sp³-hybridized carbons (Fsp3) is 0.500. The summed E-state index contributed by atoms with van der Waals surface area (Å²) in [6.45, 7) is 0. The van der Waals surface area contributed by atoms with Crippen LogP contribution in [0.3, 0.4) is 0 Å². The van der Waals surface area contributed by atoms with Crippen LogP contribution < -0.4 is 10.1 Å². The number of carbonyl (C=O) groups is 2.